The Morgan fingerprint density at radius 2 is 0.952 bits per heavy atom. The molecule has 13 rings (SSSR count). The van der Waals surface area contributed by atoms with Gasteiger partial charge >= 0.3 is 0 Å². The summed E-state index contributed by atoms with van der Waals surface area (Å²) in [5.41, 5.74) is 13.0. The summed E-state index contributed by atoms with van der Waals surface area (Å²) in [6.07, 6.45) is 0. The smallest absolute Gasteiger partial charge is 0.156 e. The van der Waals surface area contributed by atoms with Crippen molar-refractivity contribution in [2.45, 2.75) is 0 Å². The van der Waals surface area contributed by atoms with E-state index < -0.39 is 0 Å². The molecule has 0 bridgehead atoms. The first-order valence-corrected chi connectivity index (χ1v) is 21.7. The number of fused-ring (bicyclic) bond motifs is 12. The molecule has 0 radical (unpaired) electrons. The van der Waals surface area contributed by atoms with Gasteiger partial charge in [0.05, 0.1) is 33.1 Å². The van der Waals surface area contributed by atoms with Gasteiger partial charge < -0.3 is 0 Å². The normalized spacial score (nSPS) is 11.9. The first-order chi connectivity index (χ1) is 30.6. The maximum absolute atomic E-state index is 9.23. The molecule has 3 aromatic heterocycles. The average Bonchev–Trinajstić information content (AvgIpc) is 3.91. The maximum Gasteiger partial charge on any atom is 0.156 e. The highest BCUT2D eigenvalue weighted by molar-refractivity contribution is 7.27. The summed E-state index contributed by atoms with van der Waals surface area (Å²) in [6.45, 7) is 0. The van der Waals surface area contributed by atoms with Gasteiger partial charge in [-0.3, -0.25) is 4.40 Å². The highest BCUT2D eigenvalue weighted by atomic mass is 32.1. The van der Waals surface area contributed by atoms with E-state index in [1.54, 1.807) is 0 Å². The second-order valence-electron chi connectivity index (χ2n) is 16.2. The maximum atomic E-state index is 9.23. The summed E-state index contributed by atoms with van der Waals surface area (Å²) in [5.74, 6) is 0. The average molecular weight is 804 g/mol. The fourth-order valence-electron chi connectivity index (χ4n) is 9.68. The molecule has 0 N–H and O–H groups in total. The summed E-state index contributed by atoms with van der Waals surface area (Å²) in [4.78, 5) is 5.46. The molecular weight excluding hydrogens is 771 g/mol. The Balaban J connectivity index is 0.962. The van der Waals surface area contributed by atoms with E-state index in [9.17, 15) is 5.26 Å². The van der Waals surface area contributed by atoms with Gasteiger partial charge in [-0.25, -0.2) is 4.98 Å². The molecule has 0 aliphatic rings. The van der Waals surface area contributed by atoms with Gasteiger partial charge in [-0.15, -0.1) is 11.3 Å². The van der Waals surface area contributed by atoms with Crippen molar-refractivity contribution in [3.63, 3.8) is 0 Å². The van der Waals surface area contributed by atoms with Crippen LogP contribution in [0.4, 0.5) is 0 Å². The van der Waals surface area contributed by atoms with Gasteiger partial charge in [-0.1, -0.05) is 158 Å². The van der Waals surface area contributed by atoms with E-state index >= 15 is 0 Å². The topological polar surface area (TPSA) is 41.1 Å². The summed E-state index contributed by atoms with van der Waals surface area (Å²) in [7, 11) is 0. The van der Waals surface area contributed by atoms with E-state index in [-0.39, 0.29) is 0 Å². The molecule has 286 valence electrons. The number of benzene rings is 10. The second kappa shape index (κ2) is 13.5. The Labute approximate surface area is 360 Å². The molecule has 0 aliphatic heterocycles. The van der Waals surface area contributed by atoms with Gasteiger partial charge in [0.15, 0.2) is 5.65 Å². The lowest BCUT2D eigenvalue weighted by atomic mass is 9.91. The van der Waals surface area contributed by atoms with Crippen molar-refractivity contribution in [3.8, 4) is 50.7 Å². The van der Waals surface area contributed by atoms with Crippen molar-refractivity contribution in [1.29, 1.82) is 5.26 Å². The summed E-state index contributed by atoms with van der Waals surface area (Å²) < 4.78 is 4.90. The summed E-state index contributed by atoms with van der Waals surface area (Å²) in [6, 6.07) is 74.5. The van der Waals surface area contributed by atoms with Crippen LogP contribution in [0.15, 0.2) is 200 Å². The molecule has 3 heterocycles. The van der Waals surface area contributed by atoms with Gasteiger partial charge in [-0.2, -0.15) is 5.26 Å². The predicted octanol–water partition coefficient (Wildman–Crippen LogP) is 16.0. The van der Waals surface area contributed by atoms with Crippen LogP contribution in [-0.4, -0.2) is 9.38 Å². The number of hydrogen-bond acceptors (Lipinski definition) is 3. The quantitative estimate of drug-likeness (QED) is 0.166. The number of imidazole rings is 1. The molecule has 0 amide bonds. The van der Waals surface area contributed by atoms with Crippen molar-refractivity contribution >= 4 is 91.3 Å². The fraction of sp³-hybridized carbons (Fsp3) is 0. The van der Waals surface area contributed by atoms with Crippen molar-refractivity contribution in [2.75, 3.05) is 0 Å². The van der Waals surface area contributed by atoms with Crippen molar-refractivity contribution in [3.05, 3.63) is 206 Å². The SMILES string of the molecule is N#Cc1ccc(-c2ccc(-c3ccc(-c4ccc(-c5cc6c7ccc8ccccc8c7sc6c6nc7cc8cc9ccccc9cc8cc7n56)cc4)c4ccccc34)cc2)cc1. The van der Waals surface area contributed by atoms with Gasteiger partial charge in [0, 0.05) is 15.5 Å². The molecule has 0 spiro atoms. The molecule has 0 atom stereocenters. The monoisotopic (exact) mass is 803 g/mol. The lowest BCUT2D eigenvalue weighted by Gasteiger charge is -2.14. The Kier molecular flexibility index (Phi) is 7.54. The summed E-state index contributed by atoms with van der Waals surface area (Å²) in [5, 5.41) is 21.6. The van der Waals surface area contributed by atoms with Crippen LogP contribution in [0.3, 0.4) is 0 Å². The first-order valence-electron chi connectivity index (χ1n) is 20.9. The first kappa shape index (κ1) is 34.7. The Morgan fingerprint density at radius 3 is 1.60 bits per heavy atom. The van der Waals surface area contributed by atoms with E-state index in [4.69, 9.17) is 4.98 Å². The van der Waals surface area contributed by atoms with Crippen LogP contribution in [0.25, 0.3) is 125 Å². The van der Waals surface area contributed by atoms with Crippen LogP contribution >= 0.6 is 11.3 Å². The molecule has 0 saturated heterocycles. The number of aromatic nitrogens is 2. The molecule has 10 aromatic carbocycles. The van der Waals surface area contributed by atoms with Crippen LogP contribution in [0.2, 0.25) is 0 Å². The molecule has 0 aliphatic carbocycles. The van der Waals surface area contributed by atoms with Crippen LogP contribution in [0.5, 0.6) is 0 Å². The number of hydrogen-bond donors (Lipinski definition) is 0. The number of pyridine rings is 1. The van der Waals surface area contributed by atoms with Crippen LogP contribution in [0, 0.1) is 11.3 Å². The Bertz CT molecular complexity index is 4020. The van der Waals surface area contributed by atoms with Crippen molar-refractivity contribution < 1.29 is 0 Å². The highest BCUT2D eigenvalue weighted by Crippen LogP contribution is 2.44. The zero-order valence-corrected chi connectivity index (χ0v) is 34.1. The number of thiophene rings is 1. The van der Waals surface area contributed by atoms with E-state index in [0.717, 1.165) is 39.1 Å². The lowest BCUT2D eigenvalue weighted by molar-refractivity contribution is 1.25. The molecular formula is C58H33N3S. The third-order valence-electron chi connectivity index (χ3n) is 12.8. The number of nitrogens with zero attached hydrogens (tertiary/aromatic N) is 3. The largest absolute Gasteiger partial charge is 0.291 e. The van der Waals surface area contributed by atoms with Crippen LogP contribution in [-0.2, 0) is 0 Å². The Morgan fingerprint density at radius 1 is 0.403 bits per heavy atom. The molecule has 0 saturated carbocycles. The highest BCUT2D eigenvalue weighted by Gasteiger charge is 2.20. The van der Waals surface area contributed by atoms with Crippen molar-refractivity contribution in [1.82, 2.24) is 9.38 Å². The molecule has 0 fully saturated rings. The van der Waals surface area contributed by atoms with Gasteiger partial charge in [-0.05, 0) is 124 Å². The fourth-order valence-corrected chi connectivity index (χ4v) is 11.0. The standard InChI is InChI=1S/C58H33N3S/c59-34-35-13-15-36(16-14-35)37-17-19-39(20-18-37)46-27-28-47(50-12-6-5-11-49(46)50)40-21-23-41(24-22-40)54-33-52-51-26-25-38-7-3-4-10-48(38)56(51)62-57(52)58-60-53-31-44-29-42-8-1-2-9-43(42)30-45(44)32-55(53)61(54)58/h1-33H. The van der Waals surface area contributed by atoms with Gasteiger partial charge in [0.1, 0.15) is 0 Å². The number of rotatable bonds is 4. The lowest BCUT2D eigenvalue weighted by Crippen LogP contribution is -1.93. The second-order valence-corrected chi connectivity index (χ2v) is 17.3. The zero-order chi connectivity index (χ0) is 40.9. The van der Waals surface area contributed by atoms with Gasteiger partial charge in [0.25, 0.3) is 0 Å². The predicted molar refractivity (Wildman–Crippen MR) is 262 cm³/mol. The minimum Gasteiger partial charge on any atom is -0.291 e. The number of nitriles is 1. The van der Waals surface area contributed by atoms with E-state index in [0.29, 0.717) is 5.56 Å². The third kappa shape index (κ3) is 5.33. The van der Waals surface area contributed by atoms with Gasteiger partial charge in [0.2, 0.25) is 0 Å². The summed E-state index contributed by atoms with van der Waals surface area (Å²) >= 11 is 1.85. The molecule has 0 unspecified atom stereocenters. The zero-order valence-electron chi connectivity index (χ0n) is 33.3. The molecule has 13 aromatic rings. The van der Waals surface area contributed by atoms with Crippen LogP contribution < -0.4 is 0 Å². The third-order valence-corrected chi connectivity index (χ3v) is 14.0. The van der Waals surface area contributed by atoms with E-state index in [1.807, 2.05) is 35.6 Å². The molecule has 62 heavy (non-hydrogen) atoms. The Hall–Kier alpha value is -8.10. The molecule has 4 heteroatoms. The minimum atomic E-state index is 0.668. The van der Waals surface area contributed by atoms with E-state index in [2.05, 4.69) is 186 Å². The van der Waals surface area contributed by atoms with Crippen LogP contribution in [0.1, 0.15) is 5.56 Å². The molecule has 3 nitrogen and oxygen atoms in total. The minimum absolute atomic E-state index is 0.668. The van der Waals surface area contributed by atoms with E-state index in [1.165, 1.54) is 85.5 Å². The van der Waals surface area contributed by atoms with Crippen molar-refractivity contribution in [2.24, 2.45) is 0 Å².